The molecule has 0 aliphatic rings. The van der Waals surface area contributed by atoms with Gasteiger partial charge in [0.05, 0.1) is 0 Å². The second-order valence-corrected chi connectivity index (χ2v) is 7.74. The summed E-state index contributed by atoms with van der Waals surface area (Å²) in [7, 11) is -2.06. The Labute approximate surface area is 120 Å². The van der Waals surface area contributed by atoms with Gasteiger partial charge in [-0.15, -0.1) is 0 Å². The fraction of sp³-hybridized carbons (Fsp3) is 0.571. The van der Waals surface area contributed by atoms with E-state index >= 15 is 0 Å². The first kappa shape index (κ1) is 17.1. The summed E-state index contributed by atoms with van der Waals surface area (Å²) < 4.78 is 40.4. The molecular formula is C14H23FN2O2S. The SMILES string of the molecule is CNCc1ccc(F)c(S(=O)(=O)NCCC(C)(C)C)c1. The first-order valence-electron chi connectivity index (χ1n) is 6.58. The van der Waals surface area contributed by atoms with Gasteiger partial charge in [-0.05, 0) is 36.6 Å². The van der Waals surface area contributed by atoms with Gasteiger partial charge in [-0.25, -0.2) is 17.5 Å². The van der Waals surface area contributed by atoms with E-state index in [1.54, 1.807) is 13.1 Å². The molecular weight excluding hydrogens is 279 g/mol. The van der Waals surface area contributed by atoms with E-state index in [0.29, 0.717) is 19.5 Å². The van der Waals surface area contributed by atoms with Gasteiger partial charge in [0.15, 0.2) is 0 Å². The van der Waals surface area contributed by atoms with Gasteiger partial charge in [-0.2, -0.15) is 0 Å². The summed E-state index contributed by atoms with van der Waals surface area (Å²) in [5.41, 5.74) is 0.750. The second kappa shape index (κ2) is 6.65. The Morgan fingerprint density at radius 3 is 2.45 bits per heavy atom. The van der Waals surface area contributed by atoms with Crippen LogP contribution in [0.25, 0.3) is 0 Å². The van der Waals surface area contributed by atoms with Crippen LogP contribution in [-0.2, 0) is 16.6 Å². The molecule has 0 aliphatic carbocycles. The lowest BCUT2D eigenvalue weighted by atomic mass is 9.93. The summed E-state index contributed by atoms with van der Waals surface area (Å²) in [6.07, 6.45) is 0.685. The van der Waals surface area contributed by atoms with Crippen LogP contribution in [0.2, 0.25) is 0 Å². The Kier molecular flexibility index (Phi) is 5.68. The molecule has 0 aromatic heterocycles. The minimum Gasteiger partial charge on any atom is -0.316 e. The number of sulfonamides is 1. The van der Waals surface area contributed by atoms with E-state index in [2.05, 4.69) is 10.0 Å². The number of benzene rings is 1. The largest absolute Gasteiger partial charge is 0.316 e. The van der Waals surface area contributed by atoms with Crippen LogP contribution in [0.5, 0.6) is 0 Å². The molecule has 0 aliphatic heterocycles. The van der Waals surface area contributed by atoms with Crippen LogP contribution in [0.4, 0.5) is 4.39 Å². The second-order valence-electron chi connectivity index (χ2n) is 6.00. The molecule has 1 aromatic rings. The normalized spacial score (nSPS) is 12.7. The number of nitrogens with one attached hydrogen (secondary N) is 2. The van der Waals surface area contributed by atoms with E-state index in [1.807, 2.05) is 20.8 Å². The van der Waals surface area contributed by atoms with Gasteiger partial charge in [0.2, 0.25) is 10.0 Å². The zero-order valence-corrected chi connectivity index (χ0v) is 13.3. The minimum absolute atomic E-state index is 0.0229. The summed E-state index contributed by atoms with van der Waals surface area (Å²) in [6.45, 7) is 6.85. The minimum atomic E-state index is -3.81. The highest BCUT2D eigenvalue weighted by Gasteiger charge is 2.20. The highest BCUT2D eigenvalue weighted by Crippen LogP contribution is 2.19. The van der Waals surface area contributed by atoms with Crippen LogP contribution in [-0.4, -0.2) is 22.0 Å². The van der Waals surface area contributed by atoms with Gasteiger partial charge in [-0.1, -0.05) is 26.8 Å². The van der Waals surface area contributed by atoms with E-state index in [0.717, 1.165) is 5.56 Å². The van der Waals surface area contributed by atoms with E-state index in [-0.39, 0.29) is 10.3 Å². The standard InChI is InChI=1S/C14H23FN2O2S/c1-14(2,3)7-8-17-20(18,19)13-9-11(10-16-4)5-6-12(13)15/h5-6,9,16-17H,7-8,10H2,1-4H3. The molecule has 0 bridgehead atoms. The summed E-state index contributed by atoms with van der Waals surface area (Å²) in [6, 6.07) is 4.12. The van der Waals surface area contributed by atoms with Gasteiger partial charge < -0.3 is 5.32 Å². The van der Waals surface area contributed by atoms with Crippen molar-refractivity contribution in [2.75, 3.05) is 13.6 Å². The average molecular weight is 302 g/mol. The highest BCUT2D eigenvalue weighted by molar-refractivity contribution is 7.89. The van der Waals surface area contributed by atoms with Gasteiger partial charge in [0, 0.05) is 13.1 Å². The molecule has 6 heteroatoms. The van der Waals surface area contributed by atoms with Crippen molar-refractivity contribution in [1.82, 2.24) is 10.0 Å². The molecule has 114 valence electrons. The summed E-state index contributed by atoms with van der Waals surface area (Å²) in [4.78, 5) is -0.292. The highest BCUT2D eigenvalue weighted by atomic mass is 32.2. The third-order valence-corrected chi connectivity index (χ3v) is 4.31. The first-order chi connectivity index (χ1) is 9.15. The van der Waals surface area contributed by atoms with Crippen molar-refractivity contribution in [3.8, 4) is 0 Å². The monoisotopic (exact) mass is 302 g/mol. The fourth-order valence-electron chi connectivity index (χ4n) is 1.71. The Morgan fingerprint density at radius 1 is 1.25 bits per heavy atom. The molecule has 0 fully saturated rings. The molecule has 0 saturated carbocycles. The van der Waals surface area contributed by atoms with E-state index < -0.39 is 15.8 Å². The molecule has 0 unspecified atom stereocenters. The first-order valence-corrected chi connectivity index (χ1v) is 8.07. The van der Waals surface area contributed by atoms with Crippen molar-refractivity contribution in [2.24, 2.45) is 5.41 Å². The van der Waals surface area contributed by atoms with E-state index in [1.165, 1.54) is 12.1 Å². The number of halogens is 1. The lowest BCUT2D eigenvalue weighted by molar-refractivity contribution is 0.378. The third-order valence-electron chi connectivity index (χ3n) is 2.83. The fourth-order valence-corrected chi connectivity index (χ4v) is 2.86. The quantitative estimate of drug-likeness (QED) is 0.847. The Balaban J connectivity index is 2.89. The van der Waals surface area contributed by atoms with Crippen molar-refractivity contribution < 1.29 is 12.8 Å². The Morgan fingerprint density at radius 2 is 1.90 bits per heavy atom. The predicted molar refractivity (Wildman–Crippen MR) is 78.4 cm³/mol. The zero-order valence-electron chi connectivity index (χ0n) is 12.5. The predicted octanol–water partition coefficient (Wildman–Crippen LogP) is 2.26. The van der Waals surface area contributed by atoms with Crippen LogP contribution >= 0.6 is 0 Å². The molecule has 4 nitrogen and oxygen atoms in total. The molecule has 0 atom stereocenters. The molecule has 20 heavy (non-hydrogen) atoms. The maximum Gasteiger partial charge on any atom is 0.243 e. The smallest absolute Gasteiger partial charge is 0.243 e. The van der Waals surface area contributed by atoms with Crippen LogP contribution in [0.3, 0.4) is 0 Å². The summed E-state index contributed by atoms with van der Waals surface area (Å²) in [5.74, 6) is -0.729. The number of hydrogen-bond donors (Lipinski definition) is 2. The Hall–Kier alpha value is -0.980. The van der Waals surface area contributed by atoms with Crippen molar-refractivity contribution in [1.29, 1.82) is 0 Å². The molecule has 0 amide bonds. The lowest BCUT2D eigenvalue weighted by Crippen LogP contribution is -2.28. The van der Waals surface area contributed by atoms with E-state index in [4.69, 9.17) is 0 Å². The van der Waals surface area contributed by atoms with E-state index in [9.17, 15) is 12.8 Å². The van der Waals surface area contributed by atoms with Gasteiger partial charge in [-0.3, -0.25) is 0 Å². The molecule has 1 aromatic carbocycles. The van der Waals surface area contributed by atoms with Crippen LogP contribution in [0, 0.1) is 11.2 Å². The van der Waals surface area contributed by atoms with Crippen LogP contribution < -0.4 is 10.0 Å². The molecule has 0 heterocycles. The topological polar surface area (TPSA) is 58.2 Å². The number of rotatable bonds is 6. The molecule has 1 rings (SSSR count). The summed E-state index contributed by atoms with van der Waals surface area (Å²) in [5, 5.41) is 2.91. The van der Waals surface area contributed by atoms with Crippen LogP contribution in [0.1, 0.15) is 32.8 Å². The van der Waals surface area contributed by atoms with Crippen molar-refractivity contribution in [3.05, 3.63) is 29.6 Å². The molecule has 0 spiro atoms. The number of hydrogen-bond acceptors (Lipinski definition) is 3. The molecule has 2 N–H and O–H groups in total. The van der Waals surface area contributed by atoms with Gasteiger partial charge in [0.25, 0.3) is 0 Å². The van der Waals surface area contributed by atoms with Crippen molar-refractivity contribution in [2.45, 2.75) is 38.6 Å². The molecule has 0 saturated heterocycles. The lowest BCUT2D eigenvalue weighted by Gasteiger charge is -2.18. The van der Waals surface area contributed by atoms with Gasteiger partial charge >= 0.3 is 0 Å². The van der Waals surface area contributed by atoms with Crippen molar-refractivity contribution >= 4 is 10.0 Å². The van der Waals surface area contributed by atoms with Gasteiger partial charge in [0.1, 0.15) is 10.7 Å². The zero-order chi connectivity index (χ0) is 15.4. The van der Waals surface area contributed by atoms with Crippen LogP contribution in [0.15, 0.2) is 23.1 Å². The molecule has 0 radical (unpaired) electrons. The average Bonchev–Trinajstić information content (AvgIpc) is 2.29. The summed E-state index contributed by atoms with van der Waals surface area (Å²) >= 11 is 0. The maximum atomic E-state index is 13.7. The maximum absolute atomic E-state index is 13.7. The Bertz CT molecular complexity index is 551. The third kappa shape index (κ3) is 5.19. The van der Waals surface area contributed by atoms with Crippen molar-refractivity contribution in [3.63, 3.8) is 0 Å².